The number of nitrogens with zero attached hydrogens (tertiary/aromatic N) is 2. The summed E-state index contributed by atoms with van der Waals surface area (Å²) in [6, 6.07) is 1.93. The van der Waals surface area contributed by atoms with Crippen LogP contribution >= 0.6 is 23.4 Å². The largest absolute Gasteiger partial charge is 0.223 e. The van der Waals surface area contributed by atoms with Crippen LogP contribution in [0.2, 0.25) is 5.28 Å². The second-order valence-corrected chi connectivity index (χ2v) is 3.67. The molecule has 1 rings (SSSR count). The summed E-state index contributed by atoms with van der Waals surface area (Å²) in [5.41, 5.74) is 0.918. The van der Waals surface area contributed by atoms with E-state index >= 15 is 0 Å². The van der Waals surface area contributed by atoms with Crippen LogP contribution in [0.5, 0.6) is 0 Å². The van der Waals surface area contributed by atoms with E-state index in [1.807, 2.05) is 13.0 Å². The summed E-state index contributed by atoms with van der Waals surface area (Å²) >= 11 is 7.32. The molecular weight excluding hydrogens is 180 g/mol. The first-order chi connectivity index (χ1) is 5.22. The first-order valence-electron chi connectivity index (χ1n) is 3.36. The molecule has 2 nitrogen and oxygen atoms in total. The van der Waals surface area contributed by atoms with Crippen LogP contribution in [0, 0.1) is 6.92 Å². The molecule has 0 saturated carbocycles. The molecule has 1 heterocycles. The van der Waals surface area contributed by atoms with E-state index in [1.165, 1.54) is 0 Å². The number of rotatable bonds is 2. The van der Waals surface area contributed by atoms with E-state index in [-0.39, 0.29) is 0 Å². The molecule has 0 N–H and O–H groups in total. The van der Waals surface area contributed by atoms with Crippen molar-refractivity contribution in [2.45, 2.75) is 18.9 Å². The molecule has 0 fully saturated rings. The predicted molar refractivity (Wildman–Crippen MR) is 48.2 cm³/mol. The molecule has 0 saturated heterocycles. The highest BCUT2D eigenvalue weighted by Crippen LogP contribution is 2.16. The molecule has 0 atom stereocenters. The van der Waals surface area contributed by atoms with Crippen LogP contribution in [0.25, 0.3) is 0 Å². The van der Waals surface area contributed by atoms with Gasteiger partial charge in [0, 0.05) is 5.69 Å². The van der Waals surface area contributed by atoms with Crippen molar-refractivity contribution in [2.24, 2.45) is 0 Å². The monoisotopic (exact) mass is 188 g/mol. The van der Waals surface area contributed by atoms with E-state index < -0.39 is 0 Å². The van der Waals surface area contributed by atoms with Crippen LogP contribution in [0.1, 0.15) is 12.6 Å². The fraction of sp³-hybridized carbons (Fsp3) is 0.429. The number of hydrogen-bond donors (Lipinski definition) is 0. The van der Waals surface area contributed by atoms with Crippen molar-refractivity contribution in [1.29, 1.82) is 0 Å². The Bertz CT molecular complexity index is 232. The second kappa shape index (κ2) is 3.93. The van der Waals surface area contributed by atoms with Gasteiger partial charge in [-0.25, -0.2) is 9.97 Å². The Labute approximate surface area is 75.4 Å². The molecule has 0 aliphatic carbocycles. The lowest BCUT2D eigenvalue weighted by molar-refractivity contribution is 1.01. The molecule has 0 aliphatic rings. The molecule has 0 aliphatic heterocycles. The molecule has 11 heavy (non-hydrogen) atoms. The molecule has 0 bridgehead atoms. The van der Waals surface area contributed by atoms with Gasteiger partial charge in [-0.05, 0) is 30.3 Å². The average molecular weight is 189 g/mol. The Kier molecular flexibility index (Phi) is 3.15. The first kappa shape index (κ1) is 8.81. The van der Waals surface area contributed by atoms with Crippen molar-refractivity contribution in [3.63, 3.8) is 0 Å². The Hall–Kier alpha value is -0.280. The summed E-state index contributed by atoms with van der Waals surface area (Å²) in [7, 11) is 0. The zero-order chi connectivity index (χ0) is 8.27. The van der Waals surface area contributed by atoms with Crippen molar-refractivity contribution in [3.8, 4) is 0 Å². The van der Waals surface area contributed by atoms with Gasteiger partial charge < -0.3 is 0 Å². The highest BCUT2D eigenvalue weighted by Gasteiger charge is 1.98. The van der Waals surface area contributed by atoms with Crippen molar-refractivity contribution in [3.05, 3.63) is 17.0 Å². The maximum Gasteiger partial charge on any atom is 0.223 e. The maximum absolute atomic E-state index is 5.65. The Balaban J connectivity index is 2.89. The third-order valence-electron chi connectivity index (χ3n) is 1.10. The Morgan fingerprint density at radius 1 is 1.55 bits per heavy atom. The number of aromatic nitrogens is 2. The number of aryl methyl sites for hydroxylation is 1. The van der Waals surface area contributed by atoms with E-state index in [1.54, 1.807) is 11.8 Å². The molecule has 60 valence electrons. The summed E-state index contributed by atoms with van der Waals surface area (Å²) in [5, 5.41) is 1.28. The third-order valence-corrected chi connectivity index (χ3v) is 2.06. The van der Waals surface area contributed by atoms with E-state index in [9.17, 15) is 0 Å². The van der Waals surface area contributed by atoms with Gasteiger partial charge in [0.25, 0.3) is 0 Å². The van der Waals surface area contributed by atoms with Crippen LogP contribution in [0.15, 0.2) is 11.1 Å². The van der Waals surface area contributed by atoms with Gasteiger partial charge in [-0.3, -0.25) is 0 Å². The lowest BCUT2D eigenvalue weighted by atomic mass is 10.5. The first-order valence-corrected chi connectivity index (χ1v) is 4.72. The third kappa shape index (κ3) is 2.67. The molecule has 4 heteroatoms. The van der Waals surface area contributed by atoms with Crippen molar-refractivity contribution < 1.29 is 0 Å². The predicted octanol–water partition coefficient (Wildman–Crippen LogP) is 2.55. The number of hydrogen-bond acceptors (Lipinski definition) is 3. The lowest BCUT2D eigenvalue weighted by Crippen LogP contribution is -1.88. The fourth-order valence-corrected chi connectivity index (χ4v) is 1.70. The van der Waals surface area contributed by atoms with Crippen molar-refractivity contribution in [1.82, 2.24) is 9.97 Å². The van der Waals surface area contributed by atoms with Gasteiger partial charge in [-0.1, -0.05) is 6.92 Å². The minimum Gasteiger partial charge on any atom is -0.223 e. The molecule has 0 aromatic carbocycles. The summed E-state index contributed by atoms with van der Waals surface area (Å²) in [6.07, 6.45) is 0. The van der Waals surface area contributed by atoms with Crippen molar-refractivity contribution >= 4 is 23.4 Å². The maximum atomic E-state index is 5.65. The van der Waals surface area contributed by atoms with Crippen LogP contribution in [0.3, 0.4) is 0 Å². The smallest absolute Gasteiger partial charge is 0.223 e. The standard InChI is InChI=1S/C7H9ClN2S/c1-3-11-6-4-5(2)9-7(8)10-6/h4H,3H2,1-2H3. The van der Waals surface area contributed by atoms with Crippen LogP contribution in [-0.2, 0) is 0 Å². The topological polar surface area (TPSA) is 25.8 Å². The van der Waals surface area contributed by atoms with Gasteiger partial charge in [-0.15, -0.1) is 11.8 Å². The Morgan fingerprint density at radius 3 is 2.82 bits per heavy atom. The normalized spacial score (nSPS) is 10.1. The highest BCUT2D eigenvalue weighted by atomic mass is 35.5. The summed E-state index contributed by atoms with van der Waals surface area (Å²) in [5.74, 6) is 1.01. The minimum absolute atomic E-state index is 0.334. The fourth-order valence-electron chi connectivity index (χ4n) is 0.727. The summed E-state index contributed by atoms with van der Waals surface area (Å²) in [6.45, 7) is 3.99. The molecule has 0 amide bonds. The zero-order valence-corrected chi connectivity index (χ0v) is 8.04. The summed E-state index contributed by atoms with van der Waals surface area (Å²) in [4.78, 5) is 8.00. The van der Waals surface area contributed by atoms with Gasteiger partial charge in [-0.2, -0.15) is 0 Å². The van der Waals surface area contributed by atoms with E-state index in [0.717, 1.165) is 16.5 Å². The molecule has 0 unspecified atom stereocenters. The van der Waals surface area contributed by atoms with E-state index in [4.69, 9.17) is 11.6 Å². The summed E-state index contributed by atoms with van der Waals surface area (Å²) < 4.78 is 0. The lowest BCUT2D eigenvalue weighted by Gasteiger charge is -1.98. The molecule has 0 radical (unpaired) electrons. The van der Waals surface area contributed by atoms with Gasteiger partial charge in [0.05, 0.1) is 0 Å². The van der Waals surface area contributed by atoms with E-state index in [2.05, 4.69) is 16.9 Å². The van der Waals surface area contributed by atoms with Crippen LogP contribution in [0.4, 0.5) is 0 Å². The number of thioether (sulfide) groups is 1. The second-order valence-electron chi connectivity index (χ2n) is 2.05. The molecule has 1 aromatic rings. The molecule has 0 spiro atoms. The van der Waals surface area contributed by atoms with Gasteiger partial charge in [0.1, 0.15) is 5.03 Å². The average Bonchev–Trinajstić information content (AvgIpc) is 1.85. The quantitative estimate of drug-likeness (QED) is 0.405. The minimum atomic E-state index is 0.334. The number of halogens is 1. The van der Waals surface area contributed by atoms with Gasteiger partial charge in [0.15, 0.2) is 0 Å². The van der Waals surface area contributed by atoms with Gasteiger partial charge >= 0.3 is 0 Å². The van der Waals surface area contributed by atoms with Crippen molar-refractivity contribution in [2.75, 3.05) is 5.75 Å². The Morgan fingerprint density at radius 2 is 2.27 bits per heavy atom. The van der Waals surface area contributed by atoms with Gasteiger partial charge in [0.2, 0.25) is 5.28 Å². The van der Waals surface area contributed by atoms with Crippen LogP contribution < -0.4 is 0 Å². The SMILES string of the molecule is CCSc1cc(C)nc(Cl)n1. The van der Waals surface area contributed by atoms with E-state index in [0.29, 0.717) is 5.28 Å². The molecular formula is C7H9ClN2S. The highest BCUT2D eigenvalue weighted by molar-refractivity contribution is 7.99. The van der Waals surface area contributed by atoms with Crippen LogP contribution in [-0.4, -0.2) is 15.7 Å². The molecule has 1 aromatic heterocycles. The zero-order valence-electron chi connectivity index (χ0n) is 6.47.